The van der Waals surface area contributed by atoms with Crippen molar-refractivity contribution in [2.75, 3.05) is 6.54 Å². The van der Waals surface area contributed by atoms with Crippen LogP contribution in [0.2, 0.25) is 0 Å². The molecule has 1 saturated heterocycles. The van der Waals surface area contributed by atoms with Crippen LogP contribution in [0.15, 0.2) is 0 Å². The molecule has 1 rings (SSSR count). The van der Waals surface area contributed by atoms with E-state index >= 15 is 0 Å². The van der Waals surface area contributed by atoms with Crippen LogP contribution in [0, 0.1) is 0 Å². The van der Waals surface area contributed by atoms with Gasteiger partial charge in [0.25, 0.3) is 0 Å². The van der Waals surface area contributed by atoms with Gasteiger partial charge in [0, 0.05) is 12.6 Å². The van der Waals surface area contributed by atoms with Gasteiger partial charge in [-0.05, 0) is 26.2 Å². The molecule has 0 aromatic heterocycles. The number of rotatable bonds is 4. The van der Waals surface area contributed by atoms with E-state index in [0.29, 0.717) is 18.9 Å². The van der Waals surface area contributed by atoms with Gasteiger partial charge in [0.05, 0.1) is 0 Å². The zero-order chi connectivity index (χ0) is 10.6. The first-order chi connectivity index (χ1) is 6.70. The molecule has 1 heterocycles. The molecule has 1 aliphatic heterocycles. The van der Waals surface area contributed by atoms with Gasteiger partial charge in [-0.25, -0.2) is 0 Å². The van der Waals surface area contributed by atoms with E-state index in [1.807, 2.05) is 11.8 Å². The number of carbonyl (C=O) groups is 2. The lowest BCUT2D eigenvalue weighted by atomic mass is 10.2. The fraction of sp³-hybridized carbons (Fsp3) is 0.800. The fourth-order valence-corrected chi connectivity index (χ4v) is 1.91. The van der Waals surface area contributed by atoms with Gasteiger partial charge in [-0.3, -0.25) is 9.59 Å². The fourth-order valence-electron chi connectivity index (χ4n) is 1.91. The highest BCUT2D eigenvalue weighted by atomic mass is 16.2. The summed E-state index contributed by atoms with van der Waals surface area (Å²) in [6, 6.07) is -0.0157. The van der Waals surface area contributed by atoms with Crippen LogP contribution < -0.4 is 5.32 Å². The normalized spacial score (nSPS) is 23.3. The summed E-state index contributed by atoms with van der Waals surface area (Å²) in [5, 5.41) is 2.56. The van der Waals surface area contributed by atoms with E-state index < -0.39 is 0 Å². The first kappa shape index (κ1) is 11.0. The Balaban J connectivity index is 2.57. The van der Waals surface area contributed by atoms with Crippen LogP contribution in [0.25, 0.3) is 0 Å². The molecule has 0 bridgehead atoms. The monoisotopic (exact) mass is 198 g/mol. The lowest BCUT2D eigenvalue weighted by Crippen LogP contribution is -2.47. The molecular formula is C10H18N2O2. The summed E-state index contributed by atoms with van der Waals surface area (Å²) < 4.78 is 0. The average Bonchev–Trinajstić information content (AvgIpc) is 2.59. The van der Waals surface area contributed by atoms with Gasteiger partial charge in [0.2, 0.25) is 12.3 Å². The molecule has 0 saturated carbocycles. The van der Waals surface area contributed by atoms with Crippen LogP contribution in [-0.4, -0.2) is 35.8 Å². The van der Waals surface area contributed by atoms with E-state index in [-0.39, 0.29) is 11.9 Å². The zero-order valence-electron chi connectivity index (χ0n) is 8.82. The van der Waals surface area contributed by atoms with Crippen LogP contribution in [0.1, 0.15) is 33.1 Å². The molecule has 1 aliphatic rings. The van der Waals surface area contributed by atoms with E-state index in [2.05, 4.69) is 12.2 Å². The predicted octanol–water partition coefficient (Wildman–Crippen LogP) is 0.522. The van der Waals surface area contributed by atoms with E-state index in [1.165, 1.54) is 0 Å². The Morgan fingerprint density at radius 3 is 2.86 bits per heavy atom. The first-order valence-corrected chi connectivity index (χ1v) is 5.20. The van der Waals surface area contributed by atoms with Gasteiger partial charge in [-0.1, -0.05) is 6.92 Å². The minimum absolute atomic E-state index is 0.0598. The molecule has 2 amide bonds. The van der Waals surface area contributed by atoms with Crippen molar-refractivity contribution in [3.05, 3.63) is 0 Å². The Bertz CT molecular complexity index is 218. The molecule has 80 valence electrons. The van der Waals surface area contributed by atoms with Crippen molar-refractivity contribution in [2.24, 2.45) is 0 Å². The van der Waals surface area contributed by atoms with Crippen molar-refractivity contribution in [3.8, 4) is 0 Å². The summed E-state index contributed by atoms with van der Waals surface area (Å²) in [5.74, 6) is 0.0598. The van der Waals surface area contributed by atoms with Gasteiger partial charge < -0.3 is 10.2 Å². The second-order valence-electron chi connectivity index (χ2n) is 3.77. The number of amides is 2. The summed E-state index contributed by atoms with van der Waals surface area (Å²) in [4.78, 5) is 24.0. The Kier molecular flexibility index (Phi) is 3.92. The lowest BCUT2D eigenvalue weighted by molar-refractivity contribution is -0.135. The minimum Gasteiger partial charge on any atom is -0.347 e. The second kappa shape index (κ2) is 4.98. The summed E-state index contributed by atoms with van der Waals surface area (Å²) >= 11 is 0. The topological polar surface area (TPSA) is 49.4 Å². The Labute approximate surface area is 84.7 Å². The van der Waals surface area contributed by atoms with E-state index in [4.69, 9.17) is 0 Å². The molecule has 0 radical (unpaired) electrons. The second-order valence-corrected chi connectivity index (χ2v) is 3.77. The number of nitrogens with one attached hydrogen (secondary N) is 1. The molecular weight excluding hydrogens is 180 g/mol. The zero-order valence-corrected chi connectivity index (χ0v) is 8.82. The number of likely N-dealkylation sites (tertiary alicyclic amines) is 1. The van der Waals surface area contributed by atoms with Crippen LogP contribution in [-0.2, 0) is 9.59 Å². The minimum atomic E-state index is -0.340. The van der Waals surface area contributed by atoms with Gasteiger partial charge in [0.15, 0.2) is 0 Å². The van der Waals surface area contributed by atoms with Crippen molar-refractivity contribution in [3.63, 3.8) is 0 Å². The summed E-state index contributed by atoms with van der Waals surface area (Å²) in [5.41, 5.74) is 0. The molecule has 0 aliphatic carbocycles. The SMILES string of the molecule is CC[C@H](NC=O)C(=O)N1CCCC1C. The maximum atomic E-state index is 11.9. The van der Waals surface area contributed by atoms with Crippen LogP contribution >= 0.6 is 0 Å². The van der Waals surface area contributed by atoms with Crippen molar-refractivity contribution >= 4 is 12.3 Å². The Hall–Kier alpha value is -1.06. The predicted molar refractivity (Wildman–Crippen MR) is 53.7 cm³/mol. The summed E-state index contributed by atoms with van der Waals surface area (Å²) in [6.45, 7) is 4.79. The highest BCUT2D eigenvalue weighted by Crippen LogP contribution is 2.17. The van der Waals surface area contributed by atoms with Crippen LogP contribution in [0.3, 0.4) is 0 Å². The van der Waals surface area contributed by atoms with Crippen molar-refractivity contribution in [2.45, 2.75) is 45.2 Å². The maximum Gasteiger partial charge on any atom is 0.245 e. The van der Waals surface area contributed by atoms with Crippen molar-refractivity contribution < 1.29 is 9.59 Å². The average molecular weight is 198 g/mol. The molecule has 4 heteroatoms. The molecule has 4 nitrogen and oxygen atoms in total. The van der Waals surface area contributed by atoms with Gasteiger partial charge in [-0.15, -0.1) is 0 Å². The third-order valence-corrected chi connectivity index (χ3v) is 2.81. The van der Waals surface area contributed by atoms with Crippen LogP contribution in [0.4, 0.5) is 0 Å². The highest BCUT2D eigenvalue weighted by molar-refractivity contribution is 5.84. The van der Waals surface area contributed by atoms with E-state index in [9.17, 15) is 9.59 Å². The lowest BCUT2D eigenvalue weighted by Gasteiger charge is -2.25. The highest BCUT2D eigenvalue weighted by Gasteiger charge is 2.29. The molecule has 0 aromatic rings. The standard InChI is InChI=1S/C10H18N2O2/c1-3-9(11-7-13)10(14)12-6-4-5-8(12)2/h7-9H,3-6H2,1-2H3,(H,11,13)/t8?,9-/m0/s1. The van der Waals surface area contributed by atoms with E-state index in [0.717, 1.165) is 19.4 Å². The quantitative estimate of drug-likeness (QED) is 0.670. The van der Waals surface area contributed by atoms with Crippen molar-refractivity contribution in [1.29, 1.82) is 0 Å². The summed E-state index contributed by atoms with van der Waals surface area (Å²) in [6.07, 6.45) is 3.40. The number of hydrogen-bond donors (Lipinski definition) is 1. The molecule has 0 aromatic carbocycles. The van der Waals surface area contributed by atoms with Crippen molar-refractivity contribution in [1.82, 2.24) is 10.2 Å². The Morgan fingerprint density at radius 1 is 1.71 bits per heavy atom. The smallest absolute Gasteiger partial charge is 0.245 e. The number of carbonyl (C=O) groups excluding carboxylic acids is 2. The third-order valence-electron chi connectivity index (χ3n) is 2.81. The molecule has 0 spiro atoms. The van der Waals surface area contributed by atoms with E-state index in [1.54, 1.807) is 0 Å². The van der Waals surface area contributed by atoms with Gasteiger partial charge in [0.1, 0.15) is 6.04 Å². The number of nitrogens with zero attached hydrogens (tertiary/aromatic N) is 1. The molecule has 2 atom stereocenters. The molecule has 14 heavy (non-hydrogen) atoms. The maximum absolute atomic E-state index is 11.9. The number of hydrogen-bond acceptors (Lipinski definition) is 2. The first-order valence-electron chi connectivity index (χ1n) is 5.20. The molecule has 1 fully saturated rings. The molecule has 1 N–H and O–H groups in total. The third kappa shape index (κ3) is 2.25. The van der Waals surface area contributed by atoms with Gasteiger partial charge >= 0.3 is 0 Å². The molecule has 1 unspecified atom stereocenters. The van der Waals surface area contributed by atoms with Crippen LogP contribution in [0.5, 0.6) is 0 Å². The van der Waals surface area contributed by atoms with Gasteiger partial charge in [-0.2, -0.15) is 0 Å². The largest absolute Gasteiger partial charge is 0.347 e. The Morgan fingerprint density at radius 2 is 2.43 bits per heavy atom. The summed E-state index contributed by atoms with van der Waals surface area (Å²) in [7, 11) is 0.